The van der Waals surface area contributed by atoms with Crippen molar-refractivity contribution < 1.29 is 13.9 Å². The number of methoxy groups -OCH3 is 1. The summed E-state index contributed by atoms with van der Waals surface area (Å²) in [6, 6.07) is 4.22. The van der Waals surface area contributed by atoms with E-state index in [2.05, 4.69) is 25.9 Å². The molecule has 106 valence electrons. The molecule has 1 atom stereocenters. The van der Waals surface area contributed by atoms with Crippen LogP contribution >= 0.6 is 15.9 Å². The number of hydrogen-bond acceptors (Lipinski definition) is 5. The summed E-state index contributed by atoms with van der Waals surface area (Å²) >= 11 is 3.19. The zero-order valence-electron chi connectivity index (χ0n) is 10.9. The number of hydrogen-bond donors (Lipinski definition) is 1. The lowest BCUT2D eigenvalue weighted by Crippen LogP contribution is -2.09. The first-order valence-electron chi connectivity index (χ1n) is 5.79. The van der Waals surface area contributed by atoms with Crippen LogP contribution in [0.5, 0.6) is 11.6 Å². The maximum atomic E-state index is 13.4. The van der Waals surface area contributed by atoms with E-state index in [0.717, 1.165) is 0 Å². The number of nitrogens with zero attached hydrogens (tertiary/aromatic N) is 2. The highest BCUT2D eigenvalue weighted by Crippen LogP contribution is 2.30. The van der Waals surface area contributed by atoms with Crippen molar-refractivity contribution in [3.05, 3.63) is 40.4 Å². The van der Waals surface area contributed by atoms with E-state index < -0.39 is 6.10 Å². The van der Waals surface area contributed by atoms with Crippen molar-refractivity contribution in [2.45, 2.75) is 13.0 Å². The van der Waals surface area contributed by atoms with E-state index in [-0.39, 0.29) is 17.5 Å². The molecule has 1 aromatic heterocycles. The molecule has 0 amide bonds. The lowest BCUT2D eigenvalue weighted by Gasteiger charge is -2.17. The monoisotopic (exact) mass is 341 g/mol. The fourth-order valence-electron chi connectivity index (χ4n) is 1.70. The Morgan fingerprint density at radius 1 is 1.40 bits per heavy atom. The number of nitrogen functional groups attached to an aromatic ring is 1. The molecule has 2 rings (SSSR count). The molecule has 1 heterocycles. The molecule has 0 fully saturated rings. The number of benzene rings is 1. The molecule has 0 bridgehead atoms. The van der Waals surface area contributed by atoms with Crippen LogP contribution < -0.4 is 15.2 Å². The van der Waals surface area contributed by atoms with Gasteiger partial charge >= 0.3 is 0 Å². The standard InChI is InChI=1S/C13H13BrFN3O2/c1-7(9-5-8(15)3-4-10(9)19-2)20-13-12(16)17-6-11(14)18-13/h3-7H,1-2H3,(H2,16,17). The van der Waals surface area contributed by atoms with Crippen molar-refractivity contribution in [2.75, 3.05) is 12.8 Å². The Morgan fingerprint density at radius 3 is 2.85 bits per heavy atom. The van der Waals surface area contributed by atoms with E-state index in [1.54, 1.807) is 13.0 Å². The number of nitrogens with two attached hydrogens (primary N) is 1. The molecule has 0 aliphatic heterocycles. The van der Waals surface area contributed by atoms with Gasteiger partial charge in [0.25, 0.3) is 5.88 Å². The third-order valence-corrected chi connectivity index (χ3v) is 3.04. The van der Waals surface area contributed by atoms with Gasteiger partial charge in [-0.25, -0.2) is 14.4 Å². The molecule has 5 nitrogen and oxygen atoms in total. The predicted octanol–water partition coefficient (Wildman–Crippen LogP) is 3.11. The Balaban J connectivity index is 2.30. The largest absolute Gasteiger partial charge is 0.496 e. The van der Waals surface area contributed by atoms with Crippen LogP contribution in [0.4, 0.5) is 10.2 Å². The second kappa shape index (κ2) is 6.04. The molecule has 2 aromatic rings. The van der Waals surface area contributed by atoms with Gasteiger partial charge in [-0.05, 0) is 41.1 Å². The van der Waals surface area contributed by atoms with Crippen LogP contribution in [-0.2, 0) is 0 Å². The van der Waals surface area contributed by atoms with Crippen molar-refractivity contribution >= 4 is 21.7 Å². The Bertz CT molecular complexity index is 625. The van der Waals surface area contributed by atoms with Gasteiger partial charge in [0.1, 0.15) is 22.3 Å². The minimum Gasteiger partial charge on any atom is -0.496 e. The zero-order chi connectivity index (χ0) is 14.7. The van der Waals surface area contributed by atoms with Crippen LogP contribution in [0.2, 0.25) is 0 Å². The number of aromatic nitrogens is 2. The third kappa shape index (κ3) is 3.16. The average Bonchev–Trinajstić information content (AvgIpc) is 2.42. The topological polar surface area (TPSA) is 70.3 Å². The smallest absolute Gasteiger partial charge is 0.258 e. The molecule has 0 aliphatic rings. The van der Waals surface area contributed by atoms with E-state index in [0.29, 0.717) is 15.9 Å². The van der Waals surface area contributed by atoms with Crippen LogP contribution in [0, 0.1) is 5.82 Å². The first-order chi connectivity index (χ1) is 9.51. The highest BCUT2D eigenvalue weighted by molar-refractivity contribution is 9.10. The van der Waals surface area contributed by atoms with Gasteiger partial charge in [-0.2, -0.15) is 0 Å². The van der Waals surface area contributed by atoms with Gasteiger partial charge < -0.3 is 15.2 Å². The Morgan fingerprint density at radius 2 is 2.15 bits per heavy atom. The maximum Gasteiger partial charge on any atom is 0.258 e. The highest BCUT2D eigenvalue weighted by Gasteiger charge is 2.17. The Kier molecular flexibility index (Phi) is 4.39. The molecule has 1 aromatic carbocycles. The third-order valence-electron chi connectivity index (χ3n) is 2.66. The number of halogens is 2. The van der Waals surface area contributed by atoms with Crippen molar-refractivity contribution in [1.29, 1.82) is 0 Å². The summed E-state index contributed by atoms with van der Waals surface area (Å²) in [6.45, 7) is 1.75. The Labute approximate surface area is 124 Å². The molecule has 0 saturated carbocycles. The number of ether oxygens (including phenoxy) is 2. The molecule has 1 unspecified atom stereocenters. The second-order valence-corrected chi connectivity index (χ2v) is 4.84. The quantitative estimate of drug-likeness (QED) is 0.925. The fourth-order valence-corrected chi connectivity index (χ4v) is 1.97. The second-order valence-electron chi connectivity index (χ2n) is 4.03. The average molecular weight is 342 g/mol. The van der Waals surface area contributed by atoms with Crippen LogP contribution in [0.3, 0.4) is 0 Å². The van der Waals surface area contributed by atoms with Crippen molar-refractivity contribution in [3.8, 4) is 11.6 Å². The maximum absolute atomic E-state index is 13.4. The minimum atomic E-state index is -0.494. The van der Waals surface area contributed by atoms with Crippen molar-refractivity contribution in [3.63, 3.8) is 0 Å². The lowest BCUT2D eigenvalue weighted by atomic mass is 10.1. The number of rotatable bonds is 4. The summed E-state index contributed by atoms with van der Waals surface area (Å²) in [4.78, 5) is 8.01. The van der Waals surface area contributed by atoms with E-state index in [4.69, 9.17) is 15.2 Å². The van der Waals surface area contributed by atoms with Crippen LogP contribution in [-0.4, -0.2) is 17.1 Å². The van der Waals surface area contributed by atoms with Crippen LogP contribution in [0.1, 0.15) is 18.6 Å². The highest BCUT2D eigenvalue weighted by atomic mass is 79.9. The Hall–Kier alpha value is -1.89. The summed E-state index contributed by atoms with van der Waals surface area (Å²) < 4.78 is 24.7. The predicted molar refractivity (Wildman–Crippen MR) is 76.1 cm³/mol. The normalized spacial score (nSPS) is 12.0. The molecule has 7 heteroatoms. The van der Waals surface area contributed by atoms with Crippen LogP contribution in [0.25, 0.3) is 0 Å². The molecule has 2 N–H and O–H groups in total. The lowest BCUT2D eigenvalue weighted by molar-refractivity contribution is 0.212. The first-order valence-corrected chi connectivity index (χ1v) is 6.58. The van der Waals surface area contributed by atoms with E-state index in [9.17, 15) is 4.39 Å². The summed E-state index contributed by atoms with van der Waals surface area (Å²) in [6.07, 6.45) is 0.974. The van der Waals surface area contributed by atoms with Gasteiger partial charge in [0, 0.05) is 5.56 Å². The van der Waals surface area contributed by atoms with Crippen LogP contribution in [0.15, 0.2) is 29.0 Å². The van der Waals surface area contributed by atoms with Crippen molar-refractivity contribution in [2.24, 2.45) is 0 Å². The molecular formula is C13H13BrFN3O2. The van der Waals surface area contributed by atoms with E-state index >= 15 is 0 Å². The van der Waals surface area contributed by atoms with Gasteiger partial charge in [0.2, 0.25) is 0 Å². The molecular weight excluding hydrogens is 329 g/mol. The molecule has 0 radical (unpaired) electrons. The van der Waals surface area contributed by atoms with Gasteiger partial charge in [-0.15, -0.1) is 0 Å². The summed E-state index contributed by atoms with van der Waals surface area (Å²) in [5, 5.41) is 0. The van der Waals surface area contributed by atoms with Gasteiger partial charge in [0.05, 0.1) is 13.3 Å². The van der Waals surface area contributed by atoms with Gasteiger partial charge in [0.15, 0.2) is 5.82 Å². The molecule has 0 saturated heterocycles. The van der Waals surface area contributed by atoms with Gasteiger partial charge in [-0.3, -0.25) is 0 Å². The van der Waals surface area contributed by atoms with E-state index in [1.807, 2.05) is 0 Å². The molecule has 0 aliphatic carbocycles. The summed E-state index contributed by atoms with van der Waals surface area (Å²) in [5.41, 5.74) is 6.26. The minimum absolute atomic E-state index is 0.162. The SMILES string of the molecule is COc1ccc(F)cc1C(C)Oc1nc(Br)cnc1N. The van der Waals surface area contributed by atoms with E-state index in [1.165, 1.54) is 25.4 Å². The summed E-state index contributed by atoms with van der Waals surface area (Å²) in [7, 11) is 1.51. The van der Waals surface area contributed by atoms with Gasteiger partial charge in [-0.1, -0.05) is 0 Å². The summed E-state index contributed by atoms with van der Waals surface area (Å²) in [5.74, 6) is 0.499. The fraction of sp³-hybridized carbons (Fsp3) is 0.231. The first kappa shape index (κ1) is 14.5. The zero-order valence-corrected chi connectivity index (χ0v) is 12.5. The molecule has 0 spiro atoms. The molecule has 20 heavy (non-hydrogen) atoms. The van der Waals surface area contributed by atoms with Crippen molar-refractivity contribution in [1.82, 2.24) is 9.97 Å². The number of anilines is 1.